The zero-order valence-corrected chi connectivity index (χ0v) is 13.8. The van der Waals surface area contributed by atoms with Crippen molar-refractivity contribution >= 4 is 21.6 Å². The van der Waals surface area contributed by atoms with E-state index in [0.29, 0.717) is 12.5 Å². The Balaban J connectivity index is 2.06. The Hall–Kier alpha value is -0.580. The third-order valence-corrected chi connectivity index (χ3v) is 4.49. The Kier molecular flexibility index (Phi) is 6.33. The molecule has 1 aromatic carbocycles. The number of halogens is 1. The summed E-state index contributed by atoms with van der Waals surface area (Å²) in [7, 11) is 0. The standard InChI is InChI=1S/C16H25BrN2O/c1-2-7-18-11-14-10-15(17)3-4-16(14)19-8-5-13(12-20)6-9-19/h3-4,10,13,18,20H,2,5-9,11-12H2,1H3. The lowest BCUT2D eigenvalue weighted by molar-refractivity contribution is 0.203. The van der Waals surface area contributed by atoms with Crippen molar-refractivity contribution in [1.29, 1.82) is 0 Å². The summed E-state index contributed by atoms with van der Waals surface area (Å²) in [5, 5.41) is 12.7. The first-order valence-electron chi connectivity index (χ1n) is 7.59. The lowest BCUT2D eigenvalue weighted by Crippen LogP contribution is -2.35. The molecule has 0 spiro atoms. The van der Waals surface area contributed by atoms with Gasteiger partial charge in [-0.2, -0.15) is 0 Å². The fourth-order valence-corrected chi connectivity index (χ4v) is 3.17. The minimum atomic E-state index is 0.332. The van der Waals surface area contributed by atoms with E-state index in [1.165, 1.54) is 11.3 Å². The molecule has 1 heterocycles. The Morgan fingerprint density at radius 2 is 2.10 bits per heavy atom. The van der Waals surface area contributed by atoms with Crippen LogP contribution in [-0.4, -0.2) is 31.3 Å². The number of benzene rings is 1. The Morgan fingerprint density at radius 1 is 1.35 bits per heavy atom. The van der Waals surface area contributed by atoms with Gasteiger partial charge in [0.1, 0.15) is 0 Å². The van der Waals surface area contributed by atoms with Crippen LogP contribution in [0.15, 0.2) is 22.7 Å². The lowest BCUT2D eigenvalue weighted by Gasteiger charge is -2.34. The van der Waals surface area contributed by atoms with Gasteiger partial charge in [-0.05, 0) is 55.5 Å². The van der Waals surface area contributed by atoms with Crippen LogP contribution in [0.3, 0.4) is 0 Å². The molecular weight excluding hydrogens is 316 g/mol. The number of piperidine rings is 1. The summed E-state index contributed by atoms with van der Waals surface area (Å²) in [6.45, 7) is 6.59. The normalized spacial score (nSPS) is 16.6. The predicted octanol–water partition coefficient (Wildman–Crippen LogP) is 3.16. The second-order valence-corrected chi connectivity index (χ2v) is 6.48. The molecule has 1 aromatic rings. The maximum atomic E-state index is 9.25. The van der Waals surface area contributed by atoms with Gasteiger partial charge in [0.25, 0.3) is 0 Å². The fraction of sp³-hybridized carbons (Fsp3) is 0.625. The van der Waals surface area contributed by atoms with Gasteiger partial charge in [-0.15, -0.1) is 0 Å². The molecule has 20 heavy (non-hydrogen) atoms. The van der Waals surface area contributed by atoms with Crippen LogP contribution in [0.5, 0.6) is 0 Å². The van der Waals surface area contributed by atoms with E-state index in [1.54, 1.807) is 0 Å². The van der Waals surface area contributed by atoms with E-state index in [2.05, 4.69) is 51.3 Å². The molecule has 1 aliphatic rings. The maximum absolute atomic E-state index is 9.25. The Labute approximate surface area is 130 Å². The summed E-state index contributed by atoms with van der Waals surface area (Å²) < 4.78 is 1.14. The number of anilines is 1. The van der Waals surface area contributed by atoms with Crippen LogP contribution in [0.4, 0.5) is 5.69 Å². The van der Waals surface area contributed by atoms with Gasteiger partial charge < -0.3 is 15.3 Å². The summed E-state index contributed by atoms with van der Waals surface area (Å²) in [5.41, 5.74) is 2.70. The first-order valence-corrected chi connectivity index (χ1v) is 8.38. The highest BCUT2D eigenvalue weighted by Gasteiger charge is 2.20. The van der Waals surface area contributed by atoms with Crippen molar-refractivity contribution in [1.82, 2.24) is 5.32 Å². The smallest absolute Gasteiger partial charge is 0.0460 e. The zero-order chi connectivity index (χ0) is 14.4. The second-order valence-electron chi connectivity index (χ2n) is 5.56. The quantitative estimate of drug-likeness (QED) is 0.781. The second kappa shape index (κ2) is 8.01. The molecule has 0 aromatic heterocycles. The molecule has 0 unspecified atom stereocenters. The highest BCUT2D eigenvalue weighted by Crippen LogP contribution is 2.28. The number of nitrogens with one attached hydrogen (secondary N) is 1. The summed E-state index contributed by atoms with van der Waals surface area (Å²) in [6, 6.07) is 6.55. The highest BCUT2D eigenvalue weighted by atomic mass is 79.9. The number of aliphatic hydroxyl groups excluding tert-OH is 1. The molecule has 2 N–H and O–H groups in total. The fourth-order valence-electron chi connectivity index (χ4n) is 2.76. The summed E-state index contributed by atoms with van der Waals surface area (Å²) in [6.07, 6.45) is 3.34. The van der Waals surface area contributed by atoms with Gasteiger partial charge in [-0.1, -0.05) is 22.9 Å². The van der Waals surface area contributed by atoms with E-state index < -0.39 is 0 Å². The van der Waals surface area contributed by atoms with Gasteiger partial charge in [0.15, 0.2) is 0 Å². The van der Waals surface area contributed by atoms with Crippen LogP contribution in [-0.2, 0) is 6.54 Å². The molecule has 2 rings (SSSR count). The molecule has 0 atom stereocenters. The molecule has 0 amide bonds. The Bertz CT molecular complexity index is 417. The van der Waals surface area contributed by atoms with E-state index in [1.807, 2.05) is 0 Å². The van der Waals surface area contributed by atoms with Crippen molar-refractivity contribution in [3.63, 3.8) is 0 Å². The monoisotopic (exact) mass is 340 g/mol. The van der Waals surface area contributed by atoms with Crippen LogP contribution >= 0.6 is 15.9 Å². The van der Waals surface area contributed by atoms with Gasteiger partial charge in [0, 0.05) is 36.4 Å². The van der Waals surface area contributed by atoms with Crippen LogP contribution in [0, 0.1) is 5.92 Å². The number of hydrogen-bond donors (Lipinski definition) is 2. The van der Waals surface area contributed by atoms with E-state index in [4.69, 9.17) is 0 Å². The average Bonchev–Trinajstić information content (AvgIpc) is 2.48. The van der Waals surface area contributed by atoms with Crippen LogP contribution in [0.2, 0.25) is 0 Å². The minimum Gasteiger partial charge on any atom is -0.396 e. The molecule has 112 valence electrons. The maximum Gasteiger partial charge on any atom is 0.0460 e. The topological polar surface area (TPSA) is 35.5 Å². The SMILES string of the molecule is CCCNCc1cc(Br)ccc1N1CCC(CO)CC1. The summed E-state index contributed by atoms with van der Waals surface area (Å²) in [4.78, 5) is 2.46. The number of aliphatic hydroxyl groups is 1. The first-order chi connectivity index (χ1) is 9.74. The lowest BCUT2D eigenvalue weighted by atomic mass is 9.97. The van der Waals surface area contributed by atoms with Crippen molar-refractivity contribution in [2.75, 3.05) is 31.1 Å². The molecule has 0 saturated carbocycles. The van der Waals surface area contributed by atoms with E-state index in [9.17, 15) is 5.11 Å². The molecule has 1 saturated heterocycles. The van der Waals surface area contributed by atoms with E-state index in [0.717, 1.165) is 49.9 Å². The molecule has 0 aliphatic carbocycles. The van der Waals surface area contributed by atoms with Gasteiger partial charge >= 0.3 is 0 Å². The van der Waals surface area contributed by atoms with Crippen LogP contribution in [0.1, 0.15) is 31.7 Å². The van der Waals surface area contributed by atoms with Crippen LogP contribution < -0.4 is 10.2 Å². The number of rotatable bonds is 6. The average molecular weight is 341 g/mol. The third-order valence-electron chi connectivity index (χ3n) is 4.00. The molecule has 0 bridgehead atoms. The molecule has 1 aliphatic heterocycles. The minimum absolute atomic E-state index is 0.332. The molecule has 4 heteroatoms. The summed E-state index contributed by atoms with van der Waals surface area (Å²) >= 11 is 3.57. The largest absolute Gasteiger partial charge is 0.396 e. The van der Waals surface area contributed by atoms with Crippen molar-refractivity contribution in [2.24, 2.45) is 5.92 Å². The van der Waals surface area contributed by atoms with E-state index in [-0.39, 0.29) is 0 Å². The van der Waals surface area contributed by atoms with Gasteiger partial charge in [0.2, 0.25) is 0 Å². The van der Waals surface area contributed by atoms with Crippen LogP contribution in [0.25, 0.3) is 0 Å². The van der Waals surface area contributed by atoms with Crippen molar-refractivity contribution < 1.29 is 5.11 Å². The van der Waals surface area contributed by atoms with Crippen molar-refractivity contribution in [3.8, 4) is 0 Å². The number of nitrogens with zero attached hydrogens (tertiary/aromatic N) is 1. The third kappa shape index (κ3) is 4.21. The molecule has 0 radical (unpaired) electrons. The van der Waals surface area contributed by atoms with Crippen molar-refractivity contribution in [2.45, 2.75) is 32.7 Å². The first kappa shape index (κ1) is 15.8. The highest BCUT2D eigenvalue weighted by molar-refractivity contribution is 9.10. The molecule has 1 fully saturated rings. The van der Waals surface area contributed by atoms with E-state index >= 15 is 0 Å². The van der Waals surface area contributed by atoms with Gasteiger partial charge in [-0.3, -0.25) is 0 Å². The Morgan fingerprint density at radius 3 is 2.75 bits per heavy atom. The predicted molar refractivity (Wildman–Crippen MR) is 88.2 cm³/mol. The number of hydrogen-bond acceptors (Lipinski definition) is 3. The molecule has 3 nitrogen and oxygen atoms in total. The summed E-state index contributed by atoms with van der Waals surface area (Å²) in [5.74, 6) is 0.489. The molecular formula is C16H25BrN2O. The van der Waals surface area contributed by atoms with Gasteiger partial charge in [0.05, 0.1) is 0 Å². The van der Waals surface area contributed by atoms with Crippen molar-refractivity contribution in [3.05, 3.63) is 28.2 Å². The van der Waals surface area contributed by atoms with Gasteiger partial charge in [-0.25, -0.2) is 0 Å². The zero-order valence-electron chi connectivity index (χ0n) is 12.2.